The number of anilines is 2. The van der Waals surface area contributed by atoms with Gasteiger partial charge in [-0.15, -0.1) is 0 Å². The molecule has 5 rings (SSSR count). The number of nitrogens with one attached hydrogen (secondary N) is 1. The molecular weight excluding hydrogens is 430 g/mol. The summed E-state index contributed by atoms with van der Waals surface area (Å²) in [5.74, 6) is 1.89. The summed E-state index contributed by atoms with van der Waals surface area (Å²) in [7, 11) is 3.26. The smallest absolute Gasteiger partial charge is 0.227 e. The molecule has 0 bridgehead atoms. The van der Waals surface area contributed by atoms with Crippen LogP contribution < -0.4 is 14.8 Å². The highest BCUT2D eigenvalue weighted by molar-refractivity contribution is 5.95. The van der Waals surface area contributed by atoms with Gasteiger partial charge in [-0.05, 0) is 24.3 Å². The highest BCUT2D eigenvalue weighted by atomic mass is 16.5. The van der Waals surface area contributed by atoms with Crippen LogP contribution >= 0.6 is 0 Å². The summed E-state index contributed by atoms with van der Waals surface area (Å²) < 4.78 is 18.6. The molecule has 176 valence electrons. The van der Waals surface area contributed by atoms with Gasteiger partial charge in [0.25, 0.3) is 0 Å². The van der Waals surface area contributed by atoms with Crippen LogP contribution in [0.3, 0.4) is 0 Å². The van der Waals surface area contributed by atoms with Crippen LogP contribution in [0.1, 0.15) is 0 Å². The van der Waals surface area contributed by atoms with Crippen molar-refractivity contribution in [1.82, 2.24) is 19.4 Å². The molecule has 1 fully saturated rings. The van der Waals surface area contributed by atoms with E-state index in [1.807, 2.05) is 24.3 Å². The standard InChI is InChI=1S/C26H29N5O3/c1-32-19-7-8-23(25(17-19)33-2)29-26-27-10-9-22(28-26)21-18-31(24-6-4-3-5-20(21)24)12-11-30-13-15-34-16-14-30/h3-10,17-18H,11-16H2,1-2H3,(H,27,28,29). The molecule has 0 unspecified atom stereocenters. The van der Waals surface area contributed by atoms with Crippen LogP contribution in [0.5, 0.6) is 11.5 Å². The Hall–Kier alpha value is -3.62. The second-order valence-electron chi connectivity index (χ2n) is 8.16. The molecule has 2 aromatic carbocycles. The van der Waals surface area contributed by atoms with Gasteiger partial charge in [0.05, 0.1) is 38.8 Å². The monoisotopic (exact) mass is 459 g/mol. The molecule has 0 saturated carbocycles. The summed E-state index contributed by atoms with van der Waals surface area (Å²) in [6.45, 7) is 5.51. The van der Waals surface area contributed by atoms with Gasteiger partial charge in [0, 0.05) is 61.1 Å². The van der Waals surface area contributed by atoms with E-state index >= 15 is 0 Å². The maximum atomic E-state index is 5.50. The summed E-state index contributed by atoms with van der Waals surface area (Å²) in [6, 6.07) is 16.0. The van der Waals surface area contributed by atoms with Crippen molar-refractivity contribution in [2.24, 2.45) is 0 Å². The van der Waals surface area contributed by atoms with Crippen molar-refractivity contribution in [3.05, 3.63) is 60.9 Å². The molecule has 8 heteroatoms. The predicted octanol–water partition coefficient (Wildman–Crippen LogP) is 4.19. The third-order valence-corrected chi connectivity index (χ3v) is 6.14. The first kappa shape index (κ1) is 22.2. The average Bonchev–Trinajstić information content (AvgIpc) is 3.27. The molecule has 0 atom stereocenters. The van der Waals surface area contributed by atoms with E-state index in [2.05, 4.69) is 50.2 Å². The molecule has 1 aliphatic rings. The predicted molar refractivity (Wildman–Crippen MR) is 133 cm³/mol. The number of ether oxygens (including phenoxy) is 3. The van der Waals surface area contributed by atoms with Gasteiger partial charge >= 0.3 is 0 Å². The lowest BCUT2D eigenvalue weighted by atomic mass is 10.1. The van der Waals surface area contributed by atoms with E-state index in [0.717, 1.165) is 62.1 Å². The third kappa shape index (κ3) is 4.69. The van der Waals surface area contributed by atoms with E-state index < -0.39 is 0 Å². The van der Waals surface area contributed by atoms with Gasteiger partial charge in [0.15, 0.2) is 0 Å². The molecule has 1 N–H and O–H groups in total. The second-order valence-corrected chi connectivity index (χ2v) is 8.16. The molecule has 0 radical (unpaired) electrons. The Balaban J connectivity index is 1.42. The van der Waals surface area contributed by atoms with E-state index in [1.165, 1.54) is 10.9 Å². The number of nitrogens with zero attached hydrogens (tertiary/aromatic N) is 4. The number of para-hydroxylation sites is 1. The number of aromatic nitrogens is 3. The summed E-state index contributed by atoms with van der Waals surface area (Å²) in [6.07, 6.45) is 3.98. The number of fused-ring (bicyclic) bond motifs is 1. The fraction of sp³-hybridized carbons (Fsp3) is 0.308. The minimum atomic E-state index is 0.506. The van der Waals surface area contributed by atoms with Crippen molar-refractivity contribution in [2.45, 2.75) is 6.54 Å². The summed E-state index contributed by atoms with van der Waals surface area (Å²) in [5, 5.41) is 4.46. The molecule has 0 amide bonds. The lowest BCUT2D eigenvalue weighted by Gasteiger charge is -2.26. The van der Waals surface area contributed by atoms with Crippen LogP contribution in [-0.2, 0) is 11.3 Å². The number of rotatable bonds is 8. The van der Waals surface area contributed by atoms with Crippen molar-refractivity contribution in [3.8, 4) is 22.8 Å². The minimum absolute atomic E-state index is 0.506. The molecule has 0 spiro atoms. The number of morpholine rings is 1. The Kier molecular flexibility index (Phi) is 6.60. The molecule has 1 saturated heterocycles. The molecule has 3 heterocycles. The average molecular weight is 460 g/mol. The van der Waals surface area contributed by atoms with Gasteiger partial charge in [-0.2, -0.15) is 0 Å². The minimum Gasteiger partial charge on any atom is -0.497 e. The van der Waals surface area contributed by atoms with E-state index in [0.29, 0.717) is 11.7 Å². The van der Waals surface area contributed by atoms with Gasteiger partial charge in [0.1, 0.15) is 11.5 Å². The zero-order valence-electron chi connectivity index (χ0n) is 19.5. The summed E-state index contributed by atoms with van der Waals surface area (Å²) >= 11 is 0. The Morgan fingerprint density at radius 2 is 1.85 bits per heavy atom. The largest absolute Gasteiger partial charge is 0.497 e. The van der Waals surface area contributed by atoms with Crippen molar-refractivity contribution in [2.75, 3.05) is 52.4 Å². The molecule has 1 aliphatic heterocycles. The van der Waals surface area contributed by atoms with E-state index in [4.69, 9.17) is 19.2 Å². The molecule has 0 aliphatic carbocycles. The van der Waals surface area contributed by atoms with Gasteiger partial charge in [-0.25, -0.2) is 9.97 Å². The Labute approximate surface area is 199 Å². The first-order chi connectivity index (χ1) is 16.7. The number of benzene rings is 2. The van der Waals surface area contributed by atoms with Gasteiger partial charge in [0.2, 0.25) is 5.95 Å². The lowest BCUT2D eigenvalue weighted by Crippen LogP contribution is -2.38. The molecular formula is C26H29N5O3. The van der Waals surface area contributed by atoms with E-state index in [9.17, 15) is 0 Å². The molecule has 2 aromatic heterocycles. The van der Waals surface area contributed by atoms with Crippen molar-refractivity contribution in [1.29, 1.82) is 0 Å². The first-order valence-corrected chi connectivity index (χ1v) is 11.5. The Morgan fingerprint density at radius 1 is 1.00 bits per heavy atom. The lowest BCUT2D eigenvalue weighted by molar-refractivity contribution is 0.0365. The maximum Gasteiger partial charge on any atom is 0.227 e. The third-order valence-electron chi connectivity index (χ3n) is 6.14. The second kappa shape index (κ2) is 10.1. The first-order valence-electron chi connectivity index (χ1n) is 11.5. The zero-order chi connectivity index (χ0) is 23.3. The van der Waals surface area contributed by atoms with Gasteiger partial charge in [-0.3, -0.25) is 4.90 Å². The van der Waals surface area contributed by atoms with Crippen LogP contribution in [0.2, 0.25) is 0 Å². The topological polar surface area (TPSA) is 73.7 Å². The summed E-state index contributed by atoms with van der Waals surface area (Å²) in [5.41, 5.74) is 3.93. The quantitative estimate of drug-likeness (QED) is 0.423. The SMILES string of the molecule is COc1ccc(Nc2nccc(-c3cn(CCN4CCOCC4)c4ccccc34)n2)c(OC)c1. The number of hydrogen-bond donors (Lipinski definition) is 1. The van der Waals surface area contributed by atoms with E-state index in [1.54, 1.807) is 20.4 Å². The number of hydrogen-bond acceptors (Lipinski definition) is 7. The van der Waals surface area contributed by atoms with Crippen LogP contribution in [0.25, 0.3) is 22.2 Å². The zero-order valence-corrected chi connectivity index (χ0v) is 19.5. The highest BCUT2D eigenvalue weighted by Crippen LogP contribution is 2.33. The van der Waals surface area contributed by atoms with Crippen LogP contribution in [0.15, 0.2) is 60.9 Å². The summed E-state index contributed by atoms with van der Waals surface area (Å²) in [4.78, 5) is 11.7. The normalized spacial score (nSPS) is 14.3. The fourth-order valence-corrected chi connectivity index (χ4v) is 4.30. The van der Waals surface area contributed by atoms with Crippen molar-refractivity contribution < 1.29 is 14.2 Å². The maximum absolute atomic E-state index is 5.50. The van der Waals surface area contributed by atoms with E-state index in [-0.39, 0.29) is 0 Å². The highest BCUT2D eigenvalue weighted by Gasteiger charge is 2.15. The number of methoxy groups -OCH3 is 2. The van der Waals surface area contributed by atoms with Crippen LogP contribution in [0, 0.1) is 0 Å². The van der Waals surface area contributed by atoms with Crippen LogP contribution in [-0.4, -0.2) is 66.5 Å². The Bertz CT molecular complexity index is 1270. The molecule has 8 nitrogen and oxygen atoms in total. The molecule has 4 aromatic rings. The molecule has 34 heavy (non-hydrogen) atoms. The van der Waals surface area contributed by atoms with Gasteiger partial charge in [-0.1, -0.05) is 18.2 Å². The van der Waals surface area contributed by atoms with Crippen LogP contribution in [0.4, 0.5) is 11.6 Å². The van der Waals surface area contributed by atoms with Crippen molar-refractivity contribution >= 4 is 22.5 Å². The fourth-order valence-electron chi connectivity index (χ4n) is 4.30. The van der Waals surface area contributed by atoms with Gasteiger partial charge < -0.3 is 24.1 Å². The Morgan fingerprint density at radius 3 is 2.68 bits per heavy atom. The van der Waals surface area contributed by atoms with Crippen molar-refractivity contribution in [3.63, 3.8) is 0 Å².